The maximum absolute atomic E-state index is 13.8. The largest absolute Gasteiger partial charge is 0.358 e. The Morgan fingerprint density at radius 2 is 1.60 bits per heavy atom. The monoisotopic (exact) mass is 405 g/mol. The quantitative estimate of drug-likeness (QED) is 0.832. The van der Waals surface area contributed by atoms with Crippen LogP contribution in [0.25, 0.3) is 0 Å². The Labute approximate surface area is 179 Å². The number of carbonyl (C=O) groups is 2. The Morgan fingerprint density at radius 3 is 2.23 bits per heavy atom. The molecule has 2 aliphatic rings. The molecule has 0 radical (unpaired) electrons. The van der Waals surface area contributed by atoms with Crippen molar-refractivity contribution in [3.8, 4) is 0 Å². The van der Waals surface area contributed by atoms with E-state index in [1.807, 2.05) is 41.3 Å². The maximum Gasteiger partial charge on any atom is 0.238 e. The molecule has 0 unspecified atom stereocenters. The highest BCUT2D eigenvalue weighted by Gasteiger charge is 2.46. The Balaban J connectivity index is 1.55. The van der Waals surface area contributed by atoms with E-state index in [-0.39, 0.29) is 17.9 Å². The van der Waals surface area contributed by atoms with E-state index < -0.39 is 5.41 Å². The molecule has 0 bridgehead atoms. The summed E-state index contributed by atoms with van der Waals surface area (Å²) in [5.41, 5.74) is 1.87. The summed E-state index contributed by atoms with van der Waals surface area (Å²) >= 11 is 0. The lowest BCUT2D eigenvalue weighted by molar-refractivity contribution is -0.143. The molecule has 1 saturated carbocycles. The maximum atomic E-state index is 13.8. The summed E-state index contributed by atoms with van der Waals surface area (Å²) in [7, 11) is 1.67. The summed E-state index contributed by atoms with van der Waals surface area (Å²) in [6.45, 7) is 2.52. The van der Waals surface area contributed by atoms with Crippen LogP contribution in [0.15, 0.2) is 60.7 Å². The van der Waals surface area contributed by atoms with Crippen LogP contribution in [0.5, 0.6) is 0 Å². The van der Waals surface area contributed by atoms with Gasteiger partial charge in [-0.25, -0.2) is 0 Å². The van der Waals surface area contributed by atoms with E-state index in [1.54, 1.807) is 7.05 Å². The van der Waals surface area contributed by atoms with Crippen molar-refractivity contribution in [2.45, 2.75) is 43.7 Å². The molecule has 2 aromatic carbocycles. The molecule has 2 amide bonds. The lowest BCUT2D eigenvalue weighted by atomic mass is 9.77. The Hall–Kier alpha value is -2.66. The number of hydrogen-bond acceptors (Lipinski definition) is 3. The molecule has 1 atom stereocenters. The molecule has 1 heterocycles. The summed E-state index contributed by atoms with van der Waals surface area (Å²) < 4.78 is 0. The van der Waals surface area contributed by atoms with Crippen LogP contribution in [0.4, 0.5) is 0 Å². The molecule has 1 aliphatic carbocycles. The van der Waals surface area contributed by atoms with E-state index in [1.165, 1.54) is 5.56 Å². The summed E-state index contributed by atoms with van der Waals surface area (Å²) in [5.74, 6) is 0.170. The lowest BCUT2D eigenvalue weighted by Crippen LogP contribution is -2.61. The topological polar surface area (TPSA) is 52.7 Å². The SMILES string of the molecule is CNC(=O)[C@@H]1CN(C(=O)C2(c3ccccc3)CCCC2)CCN1Cc1ccccc1. The minimum Gasteiger partial charge on any atom is -0.358 e. The zero-order valence-electron chi connectivity index (χ0n) is 17.7. The Morgan fingerprint density at radius 1 is 0.967 bits per heavy atom. The van der Waals surface area contributed by atoms with Gasteiger partial charge in [-0.05, 0) is 24.0 Å². The third-order valence-electron chi connectivity index (χ3n) is 6.75. The van der Waals surface area contributed by atoms with E-state index >= 15 is 0 Å². The first kappa shape index (κ1) is 20.6. The van der Waals surface area contributed by atoms with E-state index in [4.69, 9.17) is 0 Å². The zero-order chi connectivity index (χ0) is 21.0. The lowest BCUT2D eigenvalue weighted by Gasteiger charge is -2.43. The number of carbonyl (C=O) groups excluding carboxylic acids is 2. The van der Waals surface area contributed by atoms with E-state index in [0.717, 1.165) is 31.2 Å². The molecule has 5 heteroatoms. The van der Waals surface area contributed by atoms with Crippen molar-refractivity contribution < 1.29 is 9.59 Å². The summed E-state index contributed by atoms with van der Waals surface area (Å²) in [4.78, 5) is 30.7. The highest BCUT2D eigenvalue weighted by Crippen LogP contribution is 2.43. The van der Waals surface area contributed by atoms with Gasteiger partial charge in [0.05, 0.1) is 5.41 Å². The highest BCUT2D eigenvalue weighted by molar-refractivity contribution is 5.90. The predicted molar refractivity (Wildman–Crippen MR) is 118 cm³/mol. The number of rotatable bonds is 5. The van der Waals surface area contributed by atoms with Gasteiger partial charge in [-0.15, -0.1) is 0 Å². The average molecular weight is 406 g/mol. The fourth-order valence-electron chi connectivity index (χ4n) is 5.09. The van der Waals surface area contributed by atoms with Crippen LogP contribution in [-0.4, -0.2) is 54.3 Å². The number of nitrogens with one attached hydrogen (secondary N) is 1. The molecule has 1 aliphatic heterocycles. The van der Waals surface area contributed by atoms with Crippen LogP contribution >= 0.6 is 0 Å². The smallest absolute Gasteiger partial charge is 0.238 e. The van der Waals surface area contributed by atoms with E-state index in [9.17, 15) is 9.59 Å². The number of hydrogen-bond donors (Lipinski definition) is 1. The van der Waals surface area contributed by atoms with Gasteiger partial charge in [-0.2, -0.15) is 0 Å². The van der Waals surface area contributed by atoms with Crippen LogP contribution in [0.2, 0.25) is 0 Å². The van der Waals surface area contributed by atoms with Crippen LogP contribution in [-0.2, 0) is 21.5 Å². The predicted octanol–water partition coefficient (Wildman–Crippen LogP) is 2.96. The summed E-state index contributed by atoms with van der Waals surface area (Å²) in [6.07, 6.45) is 3.94. The van der Waals surface area contributed by atoms with Crippen molar-refractivity contribution in [3.05, 3.63) is 71.8 Å². The van der Waals surface area contributed by atoms with Gasteiger partial charge in [0, 0.05) is 33.2 Å². The Kier molecular flexibility index (Phi) is 6.18. The molecule has 1 N–H and O–H groups in total. The van der Waals surface area contributed by atoms with Gasteiger partial charge in [0.2, 0.25) is 11.8 Å². The van der Waals surface area contributed by atoms with E-state index in [0.29, 0.717) is 26.2 Å². The van der Waals surface area contributed by atoms with Gasteiger partial charge in [0.25, 0.3) is 0 Å². The van der Waals surface area contributed by atoms with Gasteiger partial charge in [0.1, 0.15) is 6.04 Å². The zero-order valence-corrected chi connectivity index (χ0v) is 17.7. The van der Waals surface area contributed by atoms with Crippen LogP contribution < -0.4 is 5.32 Å². The van der Waals surface area contributed by atoms with Gasteiger partial charge < -0.3 is 10.2 Å². The van der Waals surface area contributed by atoms with Crippen LogP contribution in [0, 0.1) is 0 Å². The summed E-state index contributed by atoms with van der Waals surface area (Å²) in [6, 6.07) is 20.1. The first-order chi connectivity index (χ1) is 14.6. The number of benzene rings is 2. The molecular formula is C25H31N3O2. The number of piperazine rings is 1. The van der Waals surface area contributed by atoms with Crippen LogP contribution in [0.1, 0.15) is 36.8 Å². The van der Waals surface area contributed by atoms with Gasteiger partial charge in [-0.1, -0.05) is 73.5 Å². The van der Waals surface area contributed by atoms with Crippen molar-refractivity contribution in [1.82, 2.24) is 15.1 Å². The van der Waals surface area contributed by atoms with Crippen molar-refractivity contribution >= 4 is 11.8 Å². The molecule has 2 fully saturated rings. The molecular weight excluding hydrogens is 374 g/mol. The minimum atomic E-state index is -0.434. The fourth-order valence-corrected chi connectivity index (χ4v) is 5.09. The van der Waals surface area contributed by atoms with Crippen molar-refractivity contribution in [2.24, 2.45) is 0 Å². The average Bonchev–Trinajstić information content (AvgIpc) is 3.31. The minimum absolute atomic E-state index is 0.0244. The molecule has 30 heavy (non-hydrogen) atoms. The molecule has 0 aromatic heterocycles. The third-order valence-corrected chi connectivity index (χ3v) is 6.75. The van der Waals surface area contributed by atoms with Crippen molar-refractivity contribution in [3.63, 3.8) is 0 Å². The number of amides is 2. The highest BCUT2D eigenvalue weighted by atomic mass is 16.2. The summed E-state index contributed by atoms with van der Waals surface area (Å²) in [5, 5.41) is 2.80. The van der Waals surface area contributed by atoms with Crippen molar-refractivity contribution in [2.75, 3.05) is 26.7 Å². The van der Waals surface area contributed by atoms with Crippen molar-refractivity contribution in [1.29, 1.82) is 0 Å². The van der Waals surface area contributed by atoms with E-state index in [2.05, 4.69) is 34.5 Å². The third kappa shape index (κ3) is 3.99. The molecule has 4 rings (SSSR count). The first-order valence-electron chi connectivity index (χ1n) is 11.0. The fraction of sp³-hybridized carbons (Fsp3) is 0.440. The van der Waals surface area contributed by atoms with Gasteiger partial charge >= 0.3 is 0 Å². The van der Waals surface area contributed by atoms with Gasteiger partial charge in [0.15, 0.2) is 0 Å². The first-order valence-corrected chi connectivity index (χ1v) is 11.0. The molecule has 2 aromatic rings. The second-order valence-corrected chi connectivity index (χ2v) is 8.49. The second kappa shape index (κ2) is 9.00. The molecule has 158 valence electrons. The Bertz CT molecular complexity index is 862. The van der Waals surface area contributed by atoms with Gasteiger partial charge in [-0.3, -0.25) is 14.5 Å². The standard InChI is InChI=1S/C25H31N3O2/c1-26-23(29)22-19-28(17-16-27(22)18-20-10-4-2-5-11-20)24(30)25(14-8-9-15-25)21-12-6-3-7-13-21/h2-7,10-13,22H,8-9,14-19H2,1H3,(H,26,29)/t22-/m0/s1. The number of likely N-dealkylation sites (N-methyl/N-ethyl adjacent to an activating group) is 1. The molecule has 1 saturated heterocycles. The molecule has 0 spiro atoms. The normalized spacial score (nSPS) is 21.4. The molecule has 5 nitrogen and oxygen atoms in total. The number of nitrogens with zero attached hydrogens (tertiary/aromatic N) is 2. The second-order valence-electron chi connectivity index (χ2n) is 8.49. The van der Waals surface area contributed by atoms with Crippen LogP contribution in [0.3, 0.4) is 0 Å².